The molecule has 1 aromatic carbocycles. The monoisotopic (exact) mass is 415 g/mol. The number of carbonyl (C=O) groups excluding carboxylic acids is 1. The van der Waals surface area contributed by atoms with Crippen LogP contribution in [0.1, 0.15) is 35.2 Å². The second-order valence-electron chi connectivity index (χ2n) is 7.76. The highest BCUT2D eigenvalue weighted by Gasteiger charge is 2.38. The predicted octanol–water partition coefficient (Wildman–Crippen LogP) is 2.58. The number of ether oxygens (including phenoxy) is 1. The Morgan fingerprint density at radius 2 is 1.74 bits per heavy atom. The summed E-state index contributed by atoms with van der Waals surface area (Å²) in [7, 11) is 0. The number of likely N-dealkylation sites (tertiary alicyclic amines) is 1. The van der Waals surface area contributed by atoms with E-state index >= 15 is 0 Å². The van der Waals surface area contributed by atoms with Gasteiger partial charge < -0.3 is 15.0 Å². The molecule has 7 heteroatoms. The van der Waals surface area contributed by atoms with Crippen LogP contribution in [-0.2, 0) is 11.3 Å². The van der Waals surface area contributed by atoms with E-state index in [-0.39, 0.29) is 30.7 Å². The first-order valence-corrected chi connectivity index (χ1v) is 9.64. The summed E-state index contributed by atoms with van der Waals surface area (Å²) in [5.41, 5.74) is 2.48. The minimum Gasteiger partial charge on any atom is -0.379 e. The van der Waals surface area contributed by atoms with E-state index in [0.29, 0.717) is 5.41 Å². The average Bonchev–Trinajstić information content (AvgIpc) is 3.11. The molecule has 0 aliphatic carbocycles. The van der Waals surface area contributed by atoms with E-state index in [1.165, 1.54) is 6.42 Å². The van der Waals surface area contributed by atoms with Crippen LogP contribution < -0.4 is 5.32 Å². The fraction of sp³-hybridized carbons (Fsp3) is 0.650. The molecule has 3 fully saturated rings. The number of benzene rings is 1. The van der Waals surface area contributed by atoms with E-state index in [1.807, 2.05) is 18.2 Å². The zero-order valence-corrected chi connectivity index (χ0v) is 17.5. The lowest BCUT2D eigenvalue weighted by Gasteiger charge is -2.39. The summed E-state index contributed by atoms with van der Waals surface area (Å²) < 4.78 is 5.43. The molecule has 0 radical (unpaired) electrons. The Hall–Kier alpha value is -0.850. The number of rotatable bonds is 3. The number of piperidine rings is 1. The van der Waals surface area contributed by atoms with E-state index in [1.54, 1.807) is 0 Å². The largest absolute Gasteiger partial charge is 0.379 e. The van der Waals surface area contributed by atoms with E-state index in [9.17, 15) is 4.79 Å². The van der Waals surface area contributed by atoms with Crippen molar-refractivity contribution in [3.05, 3.63) is 35.4 Å². The molecular formula is C20H31Cl2N3O2. The Kier molecular flexibility index (Phi) is 8.38. The van der Waals surface area contributed by atoms with Crippen LogP contribution in [0.15, 0.2) is 24.3 Å². The highest BCUT2D eigenvalue weighted by atomic mass is 35.5. The van der Waals surface area contributed by atoms with Crippen molar-refractivity contribution < 1.29 is 9.53 Å². The number of nitrogens with zero attached hydrogens (tertiary/aromatic N) is 2. The van der Waals surface area contributed by atoms with Gasteiger partial charge in [0.25, 0.3) is 5.91 Å². The van der Waals surface area contributed by atoms with E-state index in [4.69, 9.17) is 4.74 Å². The Morgan fingerprint density at radius 3 is 2.41 bits per heavy atom. The topological polar surface area (TPSA) is 44.8 Å². The molecule has 1 amide bonds. The van der Waals surface area contributed by atoms with Gasteiger partial charge in [-0.2, -0.15) is 0 Å². The highest BCUT2D eigenvalue weighted by Crippen LogP contribution is 2.37. The van der Waals surface area contributed by atoms with Crippen LogP contribution in [0, 0.1) is 5.41 Å². The Balaban J connectivity index is 0.00000131. The fourth-order valence-corrected chi connectivity index (χ4v) is 4.44. The lowest BCUT2D eigenvalue weighted by Crippen LogP contribution is -2.44. The summed E-state index contributed by atoms with van der Waals surface area (Å²) in [4.78, 5) is 17.6. The first kappa shape index (κ1) is 22.4. The maximum atomic E-state index is 13.1. The molecule has 0 atom stereocenters. The van der Waals surface area contributed by atoms with Crippen LogP contribution in [0.3, 0.4) is 0 Å². The molecule has 1 spiro atoms. The van der Waals surface area contributed by atoms with Gasteiger partial charge in [0.05, 0.1) is 13.2 Å². The van der Waals surface area contributed by atoms with Gasteiger partial charge in [-0.05, 0) is 42.9 Å². The predicted molar refractivity (Wildman–Crippen MR) is 112 cm³/mol. The van der Waals surface area contributed by atoms with Crippen LogP contribution in [-0.4, -0.2) is 68.2 Å². The summed E-state index contributed by atoms with van der Waals surface area (Å²) >= 11 is 0. The molecule has 5 nitrogen and oxygen atoms in total. The molecule has 3 aliphatic rings. The SMILES string of the molecule is Cl.Cl.O=C(c1ccccc1CN1CCOCC1)N1CCC2(CCNC2)CC1. The molecule has 152 valence electrons. The molecule has 3 heterocycles. The van der Waals surface area contributed by atoms with Gasteiger partial charge in [0.15, 0.2) is 0 Å². The van der Waals surface area contributed by atoms with Gasteiger partial charge in [-0.3, -0.25) is 9.69 Å². The lowest BCUT2D eigenvalue weighted by molar-refractivity contribution is 0.0339. The zero-order chi connectivity index (χ0) is 17.1. The van der Waals surface area contributed by atoms with Crippen LogP contribution in [0.5, 0.6) is 0 Å². The van der Waals surface area contributed by atoms with E-state index in [0.717, 1.165) is 83.0 Å². The molecule has 0 aromatic heterocycles. The summed E-state index contributed by atoms with van der Waals surface area (Å²) in [6.07, 6.45) is 3.54. The van der Waals surface area contributed by atoms with Gasteiger partial charge in [-0.1, -0.05) is 18.2 Å². The smallest absolute Gasteiger partial charge is 0.254 e. The number of carbonyl (C=O) groups is 1. The standard InChI is InChI=1S/C20H29N3O2.2ClH/c24-19(23-9-6-20(7-10-23)5-8-21-16-20)18-4-2-1-3-17(18)15-22-11-13-25-14-12-22;;/h1-4,21H,5-16H2;2*1H. The quantitative estimate of drug-likeness (QED) is 0.823. The van der Waals surface area contributed by atoms with Gasteiger partial charge >= 0.3 is 0 Å². The molecule has 4 rings (SSSR count). The molecular weight excluding hydrogens is 385 g/mol. The normalized spacial score (nSPS) is 22.1. The zero-order valence-electron chi connectivity index (χ0n) is 15.8. The van der Waals surface area contributed by atoms with Gasteiger partial charge in [0, 0.05) is 44.8 Å². The molecule has 0 saturated carbocycles. The maximum Gasteiger partial charge on any atom is 0.254 e. The van der Waals surface area contributed by atoms with Gasteiger partial charge in [-0.15, -0.1) is 24.8 Å². The van der Waals surface area contributed by atoms with Crippen molar-refractivity contribution in [3.63, 3.8) is 0 Å². The lowest BCUT2D eigenvalue weighted by atomic mass is 9.77. The van der Waals surface area contributed by atoms with Gasteiger partial charge in [-0.25, -0.2) is 0 Å². The minimum atomic E-state index is 0. The maximum absolute atomic E-state index is 13.1. The number of hydrogen-bond acceptors (Lipinski definition) is 4. The van der Waals surface area contributed by atoms with Crippen molar-refractivity contribution in [1.29, 1.82) is 0 Å². The number of amides is 1. The first-order chi connectivity index (χ1) is 12.3. The van der Waals surface area contributed by atoms with Crippen molar-refractivity contribution in [2.75, 3.05) is 52.5 Å². The van der Waals surface area contributed by atoms with Crippen LogP contribution in [0.4, 0.5) is 0 Å². The molecule has 0 bridgehead atoms. The summed E-state index contributed by atoms with van der Waals surface area (Å²) in [5, 5.41) is 3.49. The van der Waals surface area contributed by atoms with Gasteiger partial charge in [0.1, 0.15) is 0 Å². The van der Waals surface area contributed by atoms with Crippen LogP contribution in [0.2, 0.25) is 0 Å². The van der Waals surface area contributed by atoms with E-state index < -0.39 is 0 Å². The third-order valence-electron chi connectivity index (χ3n) is 6.19. The van der Waals surface area contributed by atoms with Crippen molar-refractivity contribution in [3.8, 4) is 0 Å². The van der Waals surface area contributed by atoms with Crippen molar-refractivity contribution in [2.45, 2.75) is 25.8 Å². The van der Waals surface area contributed by atoms with E-state index in [2.05, 4.69) is 21.2 Å². The molecule has 27 heavy (non-hydrogen) atoms. The summed E-state index contributed by atoms with van der Waals surface area (Å²) in [5.74, 6) is 0.213. The highest BCUT2D eigenvalue weighted by molar-refractivity contribution is 5.95. The number of morpholine rings is 1. The number of hydrogen-bond donors (Lipinski definition) is 1. The second-order valence-corrected chi connectivity index (χ2v) is 7.76. The molecule has 3 saturated heterocycles. The Bertz CT molecular complexity index is 607. The fourth-order valence-electron chi connectivity index (χ4n) is 4.44. The first-order valence-electron chi connectivity index (χ1n) is 9.64. The van der Waals surface area contributed by atoms with Crippen LogP contribution in [0.25, 0.3) is 0 Å². The third-order valence-corrected chi connectivity index (χ3v) is 6.19. The number of nitrogens with one attached hydrogen (secondary N) is 1. The third kappa shape index (κ3) is 5.15. The number of halogens is 2. The Labute approximate surface area is 174 Å². The van der Waals surface area contributed by atoms with Crippen LogP contribution >= 0.6 is 24.8 Å². The molecule has 1 aromatic rings. The Morgan fingerprint density at radius 1 is 1.04 bits per heavy atom. The minimum absolute atomic E-state index is 0. The average molecular weight is 416 g/mol. The van der Waals surface area contributed by atoms with Gasteiger partial charge in [0.2, 0.25) is 0 Å². The molecule has 1 N–H and O–H groups in total. The second kappa shape index (κ2) is 10.1. The van der Waals surface area contributed by atoms with Crippen molar-refractivity contribution >= 4 is 30.7 Å². The summed E-state index contributed by atoms with van der Waals surface area (Å²) in [6, 6.07) is 8.14. The molecule has 3 aliphatic heterocycles. The van der Waals surface area contributed by atoms with Crippen molar-refractivity contribution in [2.24, 2.45) is 5.41 Å². The van der Waals surface area contributed by atoms with Crippen molar-refractivity contribution in [1.82, 2.24) is 15.1 Å². The molecule has 0 unspecified atom stereocenters. The summed E-state index contributed by atoms with van der Waals surface area (Å²) in [6.45, 7) is 8.37.